The summed E-state index contributed by atoms with van der Waals surface area (Å²) in [7, 11) is 1.65. The number of rotatable bonds is 4. The van der Waals surface area contributed by atoms with E-state index in [0.717, 1.165) is 22.4 Å². The van der Waals surface area contributed by atoms with Crippen LogP contribution in [0.5, 0.6) is 5.75 Å². The lowest BCUT2D eigenvalue weighted by Gasteiger charge is -2.18. The van der Waals surface area contributed by atoms with Gasteiger partial charge < -0.3 is 9.84 Å². The van der Waals surface area contributed by atoms with E-state index in [0.29, 0.717) is 5.92 Å². The van der Waals surface area contributed by atoms with E-state index >= 15 is 0 Å². The molecule has 0 radical (unpaired) electrons. The molecule has 0 fully saturated rings. The molecule has 1 N–H and O–H groups in total. The fourth-order valence-electron chi connectivity index (χ4n) is 1.93. The van der Waals surface area contributed by atoms with Crippen molar-refractivity contribution in [2.45, 2.75) is 39.5 Å². The van der Waals surface area contributed by atoms with Crippen LogP contribution < -0.4 is 4.74 Å². The molecule has 1 unspecified atom stereocenters. The number of methoxy groups -OCH3 is 1. The van der Waals surface area contributed by atoms with Crippen LogP contribution in [0.1, 0.15) is 49.3 Å². The lowest BCUT2D eigenvalue weighted by Crippen LogP contribution is -2.09. The summed E-state index contributed by atoms with van der Waals surface area (Å²) in [5, 5.41) is 9.05. The molecule has 17 heavy (non-hydrogen) atoms. The van der Waals surface area contributed by atoms with Gasteiger partial charge in [0, 0.05) is 0 Å². The second kappa shape index (κ2) is 5.21. The predicted molar refractivity (Wildman–Crippen MR) is 67.9 cm³/mol. The van der Waals surface area contributed by atoms with Crippen molar-refractivity contribution in [2.75, 3.05) is 7.11 Å². The van der Waals surface area contributed by atoms with Crippen LogP contribution in [0, 0.1) is 6.92 Å². The molecular weight excluding hydrogens is 216 g/mol. The first-order valence-electron chi connectivity index (χ1n) is 5.79. The predicted octanol–water partition coefficient (Wildman–Crippen LogP) is 3.32. The number of ether oxygens (including phenoxy) is 1. The van der Waals surface area contributed by atoms with Crippen LogP contribution >= 0.6 is 0 Å². The number of hydrogen-bond donors (Lipinski definition) is 1. The average Bonchev–Trinajstić information content (AvgIpc) is 2.26. The lowest BCUT2D eigenvalue weighted by molar-refractivity contribution is -0.138. The molecule has 0 aliphatic heterocycles. The summed E-state index contributed by atoms with van der Waals surface area (Å²) in [5.41, 5.74) is 2.89. The largest absolute Gasteiger partial charge is 0.496 e. The Bertz CT molecular complexity index is 422. The quantitative estimate of drug-likeness (QED) is 0.872. The first-order chi connectivity index (χ1) is 7.88. The number of aliphatic carboxylic acids is 1. The van der Waals surface area contributed by atoms with E-state index in [4.69, 9.17) is 9.84 Å². The molecule has 0 saturated heterocycles. The molecule has 0 spiro atoms. The fraction of sp³-hybridized carbons (Fsp3) is 0.500. The van der Waals surface area contributed by atoms with E-state index in [1.54, 1.807) is 14.0 Å². The SMILES string of the molecule is COc1c(C)cc(C(C)C(=O)O)cc1C(C)C. The highest BCUT2D eigenvalue weighted by atomic mass is 16.5. The van der Waals surface area contributed by atoms with Crippen molar-refractivity contribution < 1.29 is 14.6 Å². The van der Waals surface area contributed by atoms with Gasteiger partial charge >= 0.3 is 5.97 Å². The van der Waals surface area contributed by atoms with Crippen LogP contribution in [0.3, 0.4) is 0 Å². The van der Waals surface area contributed by atoms with E-state index in [9.17, 15) is 4.79 Å². The Morgan fingerprint density at radius 2 is 1.88 bits per heavy atom. The van der Waals surface area contributed by atoms with Gasteiger partial charge in [0.05, 0.1) is 13.0 Å². The van der Waals surface area contributed by atoms with E-state index < -0.39 is 11.9 Å². The number of hydrogen-bond acceptors (Lipinski definition) is 2. The van der Waals surface area contributed by atoms with Crippen molar-refractivity contribution in [2.24, 2.45) is 0 Å². The minimum absolute atomic E-state index is 0.310. The molecule has 0 aliphatic rings. The summed E-state index contributed by atoms with van der Waals surface area (Å²) in [6, 6.07) is 3.83. The Morgan fingerprint density at radius 1 is 1.29 bits per heavy atom. The van der Waals surface area contributed by atoms with Gasteiger partial charge in [-0.05, 0) is 36.5 Å². The number of carbonyl (C=O) groups is 1. The van der Waals surface area contributed by atoms with Gasteiger partial charge in [0.1, 0.15) is 5.75 Å². The van der Waals surface area contributed by atoms with Gasteiger partial charge in [-0.15, -0.1) is 0 Å². The number of aryl methyl sites for hydroxylation is 1. The Balaban J connectivity index is 3.33. The molecule has 0 amide bonds. The third-order valence-corrected chi connectivity index (χ3v) is 3.02. The van der Waals surface area contributed by atoms with Gasteiger partial charge in [-0.1, -0.05) is 26.0 Å². The highest BCUT2D eigenvalue weighted by Crippen LogP contribution is 2.33. The maximum Gasteiger partial charge on any atom is 0.310 e. The van der Waals surface area contributed by atoms with Crippen molar-refractivity contribution in [1.82, 2.24) is 0 Å². The van der Waals surface area contributed by atoms with Gasteiger partial charge in [0.25, 0.3) is 0 Å². The average molecular weight is 236 g/mol. The highest BCUT2D eigenvalue weighted by Gasteiger charge is 2.18. The Morgan fingerprint density at radius 3 is 2.29 bits per heavy atom. The molecule has 0 aliphatic carbocycles. The van der Waals surface area contributed by atoms with E-state index in [1.165, 1.54) is 0 Å². The molecule has 3 nitrogen and oxygen atoms in total. The zero-order valence-electron chi connectivity index (χ0n) is 11.1. The van der Waals surface area contributed by atoms with E-state index in [2.05, 4.69) is 13.8 Å². The minimum Gasteiger partial charge on any atom is -0.496 e. The molecule has 0 aromatic heterocycles. The molecule has 3 heteroatoms. The van der Waals surface area contributed by atoms with Crippen LogP contribution in [0.4, 0.5) is 0 Å². The number of carboxylic acid groups (broad SMARTS) is 1. The van der Waals surface area contributed by atoms with Gasteiger partial charge in [0.2, 0.25) is 0 Å². The fourth-order valence-corrected chi connectivity index (χ4v) is 1.93. The van der Waals surface area contributed by atoms with Crippen molar-refractivity contribution in [3.8, 4) is 5.75 Å². The van der Waals surface area contributed by atoms with Gasteiger partial charge in [-0.3, -0.25) is 4.79 Å². The van der Waals surface area contributed by atoms with Crippen LogP contribution in [0.25, 0.3) is 0 Å². The standard InChI is InChI=1S/C14H20O3/c1-8(2)12-7-11(10(4)14(15)16)6-9(3)13(12)17-5/h6-8,10H,1-5H3,(H,15,16). The van der Waals surface area contributed by atoms with Gasteiger partial charge in [-0.2, -0.15) is 0 Å². The first-order valence-corrected chi connectivity index (χ1v) is 5.79. The van der Waals surface area contributed by atoms with Gasteiger partial charge in [0.15, 0.2) is 0 Å². The molecule has 1 rings (SSSR count). The second-order valence-corrected chi connectivity index (χ2v) is 4.67. The first kappa shape index (κ1) is 13.6. The minimum atomic E-state index is -0.802. The summed E-state index contributed by atoms with van der Waals surface area (Å²) in [6.07, 6.45) is 0. The molecular formula is C14H20O3. The van der Waals surface area contributed by atoms with Crippen LogP contribution in [0.15, 0.2) is 12.1 Å². The smallest absolute Gasteiger partial charge is 0.310 e. The van der Waals surface area contributed by atoms with E-state index in [1.807, 2.05) is 19.1 Å². The van der Waals surface area contributed by atoms with Crippen molar-refractivity contribution in [1.29, 1.82) is 0 Å². The summed E-state index contributed by atoms with van der Waals surface area (Å²) in [6.45, 7) is 7.80. The van der Waals surface area contributed by atoms with Crippen LogP contribution in [-0.2, 0) is 4.79 Å². The molecule has 1 aromatic rings. The number of carboxylic acids is 1. The zero-order valence-corrected chi connectivity index (χ0v) is 11.1. The molecule has 0 heterocycles. The van der Waals surface area contributed by atoms with Crippen LogP contribution in [-0.4, -0.2) is 18.2 Å². The maximum absolute atomic E-state index is 11.0. The Hall–Kier alpha value is -1.51. The molecule has 1 atom stereocenters. The van der Waals surface area contributed by atoms with Crippen molar-refractivity contribution >= 4 is 5.97 Å². The molecule has 1 aromatic carbocycles. The van der Waals surface area contributed by atoms with Gasteiger partial charge in [-0.25, -0.2) is 0 Å². The van der Waals surface area contributed by atoms with Crippen molar-refractivity contribution in [3.05, 3.63) is 28.8 Å². The lowest BCUT2D eigenvalue weighted by atomic mass is 9.91. The van der Waals surface area contributed by atoms with Crippen molar-refractivity contribution in [3.63, 3.8) is 0 Å². The van der Waals surface area contributed by atoms with Crippen LogP contribution in [0.2, 0.25) is 0 Å². The molecule has 0 saturated carbocycles. The third-order valence-electron chi connectivity index (χ3n) is 3.02. The number of benzene rings is 1. The summed E-state index contributed by atoms with van der Waals surface area (Å²) in [5.74, 6) is -0.118. The normalized spacial score (nSPS) is 12.6. The third kappa shape index (κ3) is 2.78. The summed E-state index contributed by atoms with van der Waals surface area (Å²) < 4.78 is 5.39. The van der Waals surface area contributed by atoms with E-state index in [-0.39, 0.29) is 0 Å². The summed E-state index contributed by atoms with van der Waals surface area (Å²) in [4.78, 5) is 11.0. The Kier molecular flexibility index (Phi) is 4.16. The maximum atomic E-state index is 11.0. The zero-order chi connectivity index (χ0) is 13.2. The molecule has 0 bridgehead atoms. The highest BCUT2D eigenvalue weighted by molar-refractivity contribution is 5.76. The summed E-state index contributed by atoms with van der Waals surface area (Å²) >= 11 is 0. The second-order valence-electron chi connectivity index (χ2n) is 4.67. The molecule has 94 valence electrons. The topological polar surface area (TPSA) is 46.5 Å². The monoisotopic (exact) mass is 236 g/mol. The Labute approximate surface area is 102 Å².